The first-order chi connectivity index (χ1) is 14.4. The molecule has 0 bridgehead atoms. The van der Waals surface area contributed by atoms with Crippen LogP contribution in [-0.2, 0) is 4.79 Å². The van der Waals surface area contributed by atoms with Gasteiger partial charge in [-0.2, -0.15) is 0 Å². The Morgan fingerprint density at radius 2 is 1.70 bits per heavy atom. The monoisotopic (exact) mass is 423 g/mol. The van der Waals surface area contributed by atoms with E-state index in [0.717, 1.165) is 11.3 Å². The molecule has 2 aromatic carbocycles. The van der Waals surface area contributed by atoms with E-state index in [-0.39, 0.29) is 11.7 Å². The molecule has 156 valence electrons. The van der Waals surface area contributed by atoms with Crippen molar-refractivity contribution in [2.45, 2.75) is 25.8 Å². The highest BCUT2D eigenvalue weighted by Crippen LogP contribution is 2.29. The lowest BCUT2D eigenvalue weighted by Gasteiger charge is -2.11. The van der Waals surface area contributed by atoms with E-state index in [0.29, 0.717) is 22.2 Å². The van der Waals surface area contributed by atoms with Gasteiger partial charge >= 0.3 is 0 Å². The van der Waals surface area contributed by atoms with E-state index in [1.54, 1.807) is 32.4 Å². The van der Waals surface area contributed by atoms with Gasteiger partial charge in [0.2, 0.25) is 5.91 Å². The molecule has 6 nitrogen and oxygen atoms in total. The molecule has 0 saturated carbocycles. The summed E-state index contributed by atoms with van der Waals surface area (Å²) >= 11 is 1.33. The molecule has 0 aliphatic heterocycles. The maximum absolute atomic E-state index is 12.4. The maximum Gasteiger partial charge on any atom is 0.234 e. The standard InChI is InChI=1S/C23H25N3O3S/c1-14-10-16(3)18(11-15(14)2)19-7-9-23(26-25-19)30-13-22(27)24-20-12-17(28-4)6-8-21(20)29-5/h6-12H,13H2,1-5H3,(H,24,27). The molecule has 0 fully saturated rings. The van der Waals surface area contributed by atoms with Crippen LogP contribution in [0.1, 0.15) is 16.7 Å². The van der Waals surface area contributed by atoms with E-state index in [1.807, 2.05) is 12.1 Å². The number of aryl methyl sites for hydroxylation is 3. The highest BCUT2D eigenvalue weighted by molar-refractivity contribution is 7.99. The highest BCUT2D eigenvalue weighted by Gasteiger charge is 2.11. The van der Waals surface area contributed by atoms with Crippen molar-refractivity contribution in [3.8, 4) is 22.8 Å². The Hall–Kier alpha value is -3.06. The van der Waals surface area contributed by atoms with Crippen molar-refractivity contribution < 1.29 is 14.3 Å². The van der Waals surface area contributed by atoms with E-state index >= 15 is 0 Å². The lowest BCUT2D eigenvalue weighted by Crippen LogP contribution is -2.15. The number of rotatable bonds is 7. The summed E-state index contributed by atoms with van der Waals surface area (Å²) in [5, 5.41) is 12.2. The van der Waals surface area contributed by atoms with Gasteiger partial charge in [-0.15, -0.1) is 10.2 Å². The molecular formula is C23H25N3O3S. The van der Waals surface area contributed by atoms with Crippen LogP contribution in [0, 0.1) is 20.8 Å². The Labute approximate surface area is 181 Å². The summed E-state index contributed by atoms with van der Waals surface area (Å²) in [7, 11) is 3.13. The topological polar surface area (TPSA) is 73.3 Å². The number of carbonyl (C=O) groups is 1. The lowest BCUT2D eigenvalue weighted by atomic mass is 9.99. The normalized spacial score (nSPS) is 10.6. The quantitative estimate of drug-likeness (QED) is 0.550. The first-order valence-corrected chi connectivity index (χ1v) is 10.5. The molecule has 1 heterocycles. The Bertz CT molecular complexity index is 1050. The minimum Gasteiger partial charge on any atom is -0.497 e. The lowest BCUT2D eigenvalue weighted by molar-refractivity contribution is -0.113. The Kier molecular flexibility index (Phi) is 6.95. The van der Waals surface area contributed by atoms with Gasteiger partial charge in [-0.25, -0.2) is 0 Å². The molecule has 1 amide bonds. The zero-order valence-electron chi connectivity index (χ0n) is 17.8. The SMILES string of the molecule is COc1ccc(OC)c(NC(=O)CSc2ccc(-c3cc(C)c(C)cc3C)nn2)c1. The third-order valence-corrected chi connectivity index (χ3v) is 5.71. The van der Waals surface area contributed by atoms with E-state index in [2.05, 4.69) is 48.4 Å². The van der Waals surface area contributed by atoms with Crippen molar-refractivity contribution >= 4 is 23.4 Å². The van der Waals surface area contributed by atoms with Gasteiger partial charge in [-0.05, 0) is 67.8 Å². The molecule has 3 aromatic rings. The van der Waals surface area contributed by atoms with Gasteiger partial charge in [0.1, 0.15) is 16.5 Å². The van der Waals surface area contributed by atoms with E-state index in [4.69, 9.17) is 9.47 Å². The number of anilines is 1. The van der Waals surface area contributed by atoms with Crippen LogP contribution >= 0.6 is 11.8 Å². The van der Waals surface area contributed by atoms with E-state index < -0.39 is 0 Å². The molecule has 0 aliphatic rings. The summed E-state index contributed by atoms with van der Waals surface area (Å²) in [6, 6.07) is 13.4. The minimum absolute atomic E-state index is 0.164. The molecular weight excluding hydrogens is 398 g/mol. The maximum atomic E-state index is 12.4. The van der Waals surface area contributed by atoms with Gasteiger partial charge in [0.25, 0.3) is 0 Å². The average molecular weight is 424 g/mol. The van der Waals surface area contributed by atoms with E-state index in [1.165, 1.54) is 28.5 Å². The average Bonchev–Trinajstić information content (AvgIpc) is 2.75. The van der Waals surface area contributed by atoms with Crippen LogP contribution < -0.4 is 14.8 Å². The molecule has 0 aliphatic carbocycles. The van der Waals surface area contributed by atoms with Crippen molar-refractivity contribution in [1.82, 2.24) is 10.2 Å². The number of nitrogens with zero attached hydrogens (tertiary/aromatic N) is 2. The van der Waals surface area contributed by atoms with Gasteiger partial charge < -0.3 is 14.8 Å². The number of amides is 1. The number of carbonyl (C=O) groups excluding carboxylic acids is 1. The number of methoxy groups -OCH3 is 2. The van der Waals surface area contributed by atoms with Crippen LogP contribution in [0.4, 0.5) is 5.69 Å². The number of ether oxygens (including phenoxy) is 2. The number of nitrogens with one attached hydrogen (secondary N) is 1. The molecule has 0 saturated heterocycles. The summed E-state index contributed by atoms with van der Waals surface area (Å²) in [6.07, 6.45) is 0. The predicted molar refractivity (Wildman–Crippen MR) is 121 cm³/mol. The summed E-state index contributed by atoms with van der Waals surface area (Å²) in [5.74, 6) is 1.25. The van der Waals surface area contributed by atoms with Gasteiger partial charge in [0.15, 0.2) is 0 Å². The number of hydrogen-bond acceptors (Lipinski definition) is 6. The fraction of sp³-hybridized carbons (Fsp3) is 0.261. The van der Waals surface area contributed by atoms with Crippen molar-refractivity contribution in [1.29, 1.82) is 0 Å². The molecule has 7 heteroatoms. The van der Waals surface area contributed by atoms with Crippen LogP contribution in [-0.4, -0.2) is 36.1 Å². The number of benzene rings is 2. The number of thioether (sulfide) groups is 1. The molecule has 1 aromatic heterocycles. The summed E-state index contributed by atoms with van der Waals surface area (Å²) in [4.78, 5) is 12.4. The van der Waals surface area contributed by atoms with Crippen molar-refractivity contribution in [3.63, 3.8) is 0 Å². The second-order valence-corrected chi connectivity index (χ2v) is 7.91. The van der Waals surface area contributed by atoms with Crippen LogP contribution in [0.3, 0.4) is 0 Å². The molecule has 3 rings (SSSR count). The van der Waals surface area contributed by atoms with Gasteiger partial charge in [-0.1, -0.05) is 17.8 Å². The second-order valence-electron chi connectivity index (χ2n) is 6.91. The third-order valence-electron chi connectivity index (χ3n) is 4.79. The zero-order valence-corrected chi connectivity index (χ0v) is 18.6. The molecule has 0 unspecified atom stereocenters. The minimum atomic E-state index is -0.164. The first kappa shape index (κ1) is 21.6. The fourth-order valence-corrected chi connectivity index (χ4v) is 3.63. The first-order valence-electron chi connectivity index (χ1n) is 9.48. The Balaban J connectivity index is 1.64. The highest BCUT2D eigenvalue weighted by atomic mass is 32.2. The molecule has 30 heavy (non-hydrogen) atoms. The molecule has 1 N–H and O–H groups in total. The second kappa shape index (κ2) is 9.63. The van der Waals surface area contributed by atoms with Crippen LogP contribution in [0.5, 0.6) is 11.5 Å². The zero-order chi connectivity index (χ0) is 21.7. The van der Waals surface area contributed by atoms with Crippen molar-refractivity contribution in [2.24, 2.45) is 0 Å². The largest absolute Gasteiger partial charge is 0.497 e. The Morgan fingerprint density at radius 1 is 0.933 bits per heavy atom. The van der Waals surface area contributed by atoms with Crippen molar-refractivity contribution in [3.05, 3.63) is 59.2 Å². The number of hydrogen-bond donors (Lipinski definition) is 1. The van der Waals surface area contributed by atoms with Gasteiger partial charge in [0.05, 0.1) is 31.4 Å². The third kappa shape index (κ3) is 5.10. The smallest absolute Gasteiger partial charge is 0.234 e. The van der Waals surface area contributed by atoms with E-state index in [9.17, 15) is 4.79 Å². The van der Waals surface area contributed by atoms with Gasteiger partial charge in [-0.3, -0.25) is 4.79 Å². The predicted octanol–water partition coefficient (Wildman–Crippen LogP) is 4.82. The fourth-order valence-electron chi connectivity index (χ4n) is 3.01. The number of aromatic nitrogens is 2. The molecule has 0 spiro atoms. The molecule has 0 atom stereocenters. The Morgan fingerprint density at radius 3 is 2.37 bits per heavy atom. The summed E-state index contributed by atoms with van der Waals surface area (Å²) in [5.41, 5.74) is 6.11. The van der Waals surface area contributed by atoms with Gasteiger partial charge in [0, 0.05) is 11.6 Å². The summed E-state index contributed by atoms with van der Waals surface area (Å²) < 4.78 is 10.5. The van der Waals surface area contributed by atoms with Crippen LogP contribution in [0.15, 0.2) is 47.5 Å². The summed E-state index contributed by atoms with van der Waals surface area (Å²) in [6.45, 7) is 6.26. The van der Waals surface area contributed by atoms with Crippen LogP contribution in [0.2, 0.25) is 0 Å². The van der Waals surface area contributed by atoms with Crippen molar-refractivity contribution in [2.75, 3.05) is 25.3 Å². The van der Waals surface area contributed by atoms with Crippen LogP contribution in [0.25, 0.3) is 11.3 Å². The molecule has 0 radical (unpaired) electrons.